The maximum absolute atomic E-state index is 14.1. The lowest BCUT2D eigenvalue weighted by atomic mass is 10.1. The first-order chi connectivity index (χ1) is 9.80. The highest BCUT2D eigenvalue weighted by Crippen LogP contribution is 2.24. The minimum absolute atomic E-state index is 0.236. The number of rotatable bonds is 3. The quantitative estimate of drug-likeness (QED) is 0.925. The summed E-state index contributed by atoms with van der Waals surface area (Å²) in [6, 6.07) is 6.78. The van der Waals surface area contributed by atoms with Gasteiger partial charge in [-0.05, 0) is 39.0 Å². The van der Waals surface area contributed by atoms with Gasteiger partial charge < -0.3 is 10.0 Å². The van der Waals surface area contributed by atoms with Crippen molar-refractivity contribution in [3.8, 4) is 6.07 Å². The average molecular weight is 291 g/mol. The number of nitriles is 1. The van der Waals surface area contributed by atoms with Crippen molar-refractivity contribution in [3.05, 3.63) is 29.6 Å². The molecule has 0 bridgehead atoms. The molecule has 1 aliphatic rings. The van der Waals surface area contributed by atoms with E-state index >= 15 is 0 Å². The molecule has 5 heteroatoms. The van der Waals surface area contributed by atoms with Gasteiger partial charge in [-0.1, -0.05) is 0 Å². The van der Waals surface area contributed by atoms with Crippen molar-refractivity contribution in [2.75, 3.05) is 31.1 Å². The van der Waals surface area contributed by atoms with Gasteiger partial charge in [-0.3, -0.25) is 4.90 Å². The number of hydrogen-bond acceptors (Lipinski definition) is 4. The number of piperazine rings is 1. The third-order valence-corrected chi connectivity index (χ3v) is 3.77. The predicted molar refractivity (Wildman–Crippen MR) is 80.7 cm³/mol. The van der Waals surface area contributed by atoms with E-state index in [0.717, 1.165) is 6.54 Å². The standard InChI is InChI=1S/C16H22FN3O/c1-12-10-19(6-7-20(12)11-16(2,3)21)15-5-4-13(9-18)8-14(15)17/h4-5,8,12,21H,6-7,10-11H2,1-3H3. The van der Waals surface area contributed by atoms with E-state index < -0.39 is 5.60 Å². The second kappa shape index (κ2) is 6.00. The summed E-state index contributed by atoms with van der Waals surface area (Å²) in [5, 5.41) is 18.7. The maximum Gasteiger partial charge on any atom is 0.147 e. The summed E-state index contributed by atoms with van der Waals surface area (Å²) in [5.41, 5.74) is 0.157. The molecular weight excluding hydrogens is 269 g/mol. The van der Waals surface area contributed by atoms with Gasteiger partial charge in [0.25, 0.3) is 0 Å². The molecule has 0 saturated carbocycles. The van der Waals surface area contributed by atoms with E-state index in [9.17, 15) is 9.50 Å². The third-order valence-electron chi connectivity index (χ3n) is 3.77. The highest BCUT2D eigenvalue weighted by atomic mass is 19.1. The Morgan fingerprint density at radius 3 is 2.67 bits per heavy atom. The number of benzene rings is 1. The molecule has 21 heavy (non-hydrogen) atoms. The summed E-state index contributed by atoms with van der Waals surface area (Å²) < 4.78 is 14.1. The molecule has 4 nitrogen and oxygen atoms in total. The Bertz CT molecular complexity index is 547. The Labute approximate surface area is 125 Å². The van der Waals surface area contributed by atoms with E-state index in [1.54, 1.807) is 26.0 Å². The highest BCUT2D eigenvalue weighted by molar-refractivity contribution is 5.51. The molecule has 114 valence electrons. The van der Waals surface area contributed by atoms with Crippen LogP contribution in [-0.2, 0) is 0 Å². The van der Waals surface area contributed by atoms with Crippen LogP contribution in [-0.4, -0.2) is 47.8 Å². The second-order valence-electron chi connectivity index (χ2n) is 6.36. The Balaban J connectivity index is 2.07. The van der Waals surface area contributed by atoms with E-state index in [-0.39, 0.29) is 11.9 Å². The van der Waals surface area contributed by atoms with Crippen molar-refractivity contribution < 1.29 is 9.50 Å². The fourth-order valence-electron chi connectivity index (χ4n) is 2.78. The van der Waals surface area contributed by atoms with Crippen LogP contribution in [0.1, 0.15) is 26.3 Å². The molecule has 1 atom stereocenters. The monoisotopic (exact) mass is 291 g/mol. The third kappa shape index (κ3) is 3.93. The first kappa shape index (κ1) is 15.7. The number of halogens is 1. The van der Waals surface area contributed by atoms with Gasteiger partial charge in [0.2, 0.25) is 0 Å². The van der Waals surface area contributed by atoms with E-state index in [4.69, 9.17) is 5.26 Å². The van der Waals surface area contributed by atoms with Crippen LogP contribution in [0.4, 0.5) is 10.1 Å². The predicted octanol–water partition coefficient (Wildman–Crippen LogP) is 1.98. The molecule has 1 heterocycles. The largest absolute Gasteiger partial charge is 0.389 e. The van der Waals surface area contributed by atoms with Gasteiger partial charge in [0.1, 0.15) is 5.82 Å². The number of β-amino-alcohol motifs (C(OH)–C–C–N with tert-alkyl or cyclic N) is 1. The zero-order chi connectivity index (χ0) is 15.6. The van der Waals surface area contributed by atoms with Crippen molar-refractivity contribution in [1.82, 2.24) is 4.90 Å². The van der Waals surface area contributed by atoms with Gasteiger partial charge >= 0.3 is 0 Å². The van der Waals surface area contributed by atoms with E-state index in [1.165, 1.54) is 6.07 Å². The number of aliphatic hydroxyl groups is 1. The maximum atomic E-state index is 14.1. The lowest BCUT2D eigenvalue weighted by molar-refractivity contribution is 0.0200. The molecule has 2 rings (SSSR count). The number of hydrogen-bond donors (Lipinski definition) is 1. The van der Waals surface area contributed by atoms with Gasteiger partial charge in [0, 0.05) is 32.2 Å². The van der Waals surface area contributed by atoms with Crippen molar-refractivity contribution in [2.24, 2.45) is 0 Å². The molecule has 1 aliphatic heterocycles. The zero-order valence-corrected chi connectivity index (χ0v) is 12.8. The molecule has 0 spiro atoms. The summed E-state index contributed by atoms with van der Waals surface area (Å²) in [6.07, 6.45) is 0. The van der Waals surface area contributed by atoms with Crippen molar-refractivity contribution in [2.45, 2.75) is 32.4 Å². The highest BCUT2D eigenvalue weighted by Gasteiger charge is 2.28. The molecular formula is C16H22FN3O. The van der Waals surface area contributed by atoms with Gasteiger partial charge in [-0.25, -0.2) is 4.39 Å². The Morgan fingerprint density at radius 2 is 2.14 bits per heavy atom. The van der Waals surface area contributed by atoms with Crippen LogP contribution in [0.25, 0.3) is 0 Å². The molecule has 1 N–H and O–H groups in total. The summed E-state index contributed by atoms with van der Waals surface area (Å²) in [7, 11) is 0. The van der Waals surface area contributed by atoms with Gasteiger partial charge in [-0.2, -0.15) is 5.26 Å². The SMILES string of the molecule is CC1CN(c2ccc(C#N)cc2F)CCN1CC(C)(C)O. The normalized spacial score (nSPS) is 20.4. The van der Waals surface area contributed by atoms with Crippen molar-refractivity contribution in [3.63, 3.8) is 0 Å². The van der Waals surface area contributed by atoms with Crippen LogP contribution in [0, 0.1) is 17.1 Å². The van der Waals surface area contributed by atoms with Gasteiger partial charge in [0.05, 0.1) is 22.9 Å². The van der Waals surface area contributed by atoms with E-state index in [0.29, 0.717) is 30.9 Å². The first-order valence-corrected chi connectivity index (χ1v) is 7.21. The number of anilines is 1. The Hall–Kier alpha value is -1.64. The van der Waals surface area contributed by atoms with E-state index in [2.05, 4.69) is 11.8 Å². The molecule has 0 aliphatic carbocycles. The Morgan fingerprint density at radius 1 is 1.43 bits per heavy atom. The average Bonchev–Trinajstić information content (AvgIpc) is 2.39. The lowest BCUT2D eigenvalue weighted by Crippen LogP contribution is -2.55. The minimum Gasteiger partial charge on any atom is -0.389 e. The topological polar surface area (TPSA) is 50.5 Å². The van der Waals surface area contributed by atoms with Crippen LogP contribution in [0.2, 0.25) is 0 Å². The molecule has 0 amide bonds. The van der Waals surface area contributed by atoms with Gasteiger partial charge in [-0.15, -0.1) is 0 Å². The molecule has 1 unspecified atom stereocenters. The Kier molecular flexibility index (Phi) is 4.50. The zero-order valence-electron chi connectivity index (χ0n) is 12.8. The summed E-state index contributed by atoms with van der Waals surface area (Å²) in [5.74, 6) is -0.350. The fraction of sp³-hybridized carbons (Fsp3) is 0.562. The van der Waals surface area contributed by atoms with Gasteiger partial charge in [0.15, 0.2) is 0 Å². The fourth-order valence-corrected chi connectivity index (χ4v) is 2.78. The lowest BCUT2D eigenvalue weighted by Gasteiger charge is -2.43. The van der Waals surface area contributed by atoms with Crippen LogP contribution in [0.3, 0.4) is 0 Å². The summed E-state index contributed by atoms with van der Waals surface area (Å²) in [4.78, 5) is 4.22. The molecule has 1 aromatic carbocycles. The molecule has 1 fully saturated rings. The van der Waals surface area contributed by atoms with Crippen LogP contribution in [0.5, 0.6) is 0 Å². The van der Waals surface area contributed by atoms with Crippen LogP contribution >= 0.6 is 0 Å². The molecule has 1 aromatic rings. The molecule has 0 radical (unpaired) electrons. The summed E-state index contributed by atoms with van der Waals surface area (Å²) >= 11 is 0. The summed E-state index contributed by atoms with van der Waals surface area (Å²) in [6.45, 7) is 8.49. The van der Waals surface area contributed by atoms with Crippen molar-refractivity contribution in [1.29, 1.82) is 5.26 Å². The second-order valence-corrected chi connectivity index (χ2v) is 6.36. The molecule has 1 saturated heterocycles. The molecule has 0 aromatic heterocycles. The van der Waals surface area contributed by atoms with Crippen LogP contribution < -0.4 is 4.90 Å². The van der Waals surface area contributed by atoms with Crippen molar-refractivity contribution >= 4 is 5.69 Å². The van der Waals surface area contributed by atoms with E-state index in [1.807, 2.05) is 11.0 Å². The van der Waals surface area contributed by atoms with Crippen LogP contribution in [0.15, 0.2) is 18.2 Å². The number of nitrogens with zero attached hydrogens (tertiary/aromatic N) is 3. The smallest absolute Gasteiger partial charge is 0.147 e. The first-order valence-electron chi connectivity index (χ1n) is 7.21. The minimum atomic E-state index is -0.726.